The molecule has 2 aromatic carbocycles. The summed E-state index contributed by atoms with van der Waals surface area (Å²) in [7, 11) is 0. The number of nitrogens with zero attached hydrogens (tertiary/aromatic N) is 3. The smallest absolute Gasteiger partial charge is 0.410 e. The Balaban J connectivity index is 1.64. The van der Waals surface area contributed by atoms with Crippen molar-refractivity contribution in [1.29, 1.82) is 0 Å². The number of thiophene rings is 1. The molecule has 3 heterocycles. The number of hydrogen-bond donors (Lipinski definition) is 1. The van der Waals surface area contributed by atoms with Crippen molar-refractivity contribution in [2.75, 3.05) is 18.5 Å². The minimum Gasteiger partial charge on any atom is -0.450 e. The lowest BCUT2D eigenvalue weighted by atomic mass is 10.1. The minimum absolute atomic E-state index is 0.266. The number of benzene rings is 2. The Labute approximate surface area is 210 Å². The summed E-state index contributed by atoms with van der Waals surface area (Å²) in [5.74, 6) is -0.387. The second-order valence-electron chi connectivity index (χ2n) is 8.31. The zero-order chi connectivity index (χ0) is 25.2. The number of nitrogens with one attached hydrogen (secondary N) is 1. The molecule has 0 atom stereocenters. The number of hydrogen-bond acceptors (Lipinski definition) is 6. The highest BCUT2D eigenvalue weighted by molar-refractivity contribution is 7.18. The molecule has 4 aromatic rings. The van der Waals surface area contributed by atoms with Gasteiger partial charge in [0.1, 0.15) is 11.4 Å². The zero-order valence-electron chi connectivity index (χ0n) is 19.6. The van der Waals surface area contributed by atoms with Gasteiger partial charge in [-0.3, -0.25) is 14.2 Å². The Morgan fingerprint density at radius 2 is 1.72 bits per heavy atom. The van der Waals surface area contributed by atoms with Crippen molar-refractivity contribution < 1.29 is 14.3 Å². The molecule has 2 amide bonds. The monoisotopic (exact) mass is 504 g/mol. The number of anilines is 1. The van der Waals surface area contributed by atoms with E-state index in [1.807, 2.05) is 6.07 Å². The lowest BCUT2D eigenvalue weighted by molar-refractivity contribution is -0.116. The summed E-state index contributed by atoms with van der Waals surface area (Å²) in [6.45, 7) is 2.43. The van der Waals surface area contributed by atoms with Gasteiger partial charge >= 0.3 is 11.8 Å². The highest BCUT2D eigenvalue weighted by atomic mass is 32.1. The molecule has 0 saturated heterocycles. The Hall–Kier alpha value is -4.18. The third kappa shape index (κ3) is 4.31. The van der Waals surface area contributed by atoms with Crippen LogP contribution in [0.15, 0.2) is 70.3 Å². The quantitative estimate of drug-likeness (QED) is 0.449. The van der Waals surface area contributed by atoms with Crippen LogP contribution in [-0.2, 0) is 29.0 Å². The first-order valence-electron chi connectivity index (χ1n) is 11.6. The van der Waals surface area contributed by atoms with Gasteiger partial charge in [0.25, 0.3) is 5.56 Å². The van der Waals surface area contributed by atoms with Gasteiger partial charge in [0.15, 0.2) is 0 Å². The molecular weight excluding hydrogens is 480 g/mol. The number of rotatable bonds is 5. The van der Waals surface area contributed by atoms with Crippen LogP contribution in [0.1, 0.15) is 17.4 Å². The summed E-state index contributed by atoms with van der Waals surface area (Å²) in [4.78, 5) is 55.4. The van der Waals surface area contributed by atoms with Gasteiger partial charge in [-0.1, -0.05) is 36.4 Å². The molecule has 0 spiro atoms. The average Bonchev–Trinajstić information content (AvgIpc) is 3.27. The van der Waals surface area contributed by atoms with Crippen LogP contribution in [0.5, 0.6) is 0 Å². The average molecular weight is 505 g/mol. The van der Waals surface area contributed by atoms with E-state index in [9.17, 15) is 19.2 Å². The van der Waals surface area contributed by atoms with E-state index in [-0.39, 0.29) is 25.6 Å². The van der Waals surface area contributed by atoms with Crippen molar-refractivity contribution in [3.8, 4) is 5.69 Å². The fourth-order valence-corrected chi connectivity index (χ4v) is 5.73. The Morgan fingerprint density at radius 1 is 1.03 bits per heavy atom. The summed E-state index contributed by atoms with van der Waals surface area (Å²) in [5, 5.41) is 3.21. The summed E-state index contributed by atoms with van der Waals surface area (Å²) in [6.07, 6.45) is 0.0361. The molecule has 0 fully saturated rings. The van der Waals surface area contributed by atoms with Crippen molar-refractivity contribution in [3.63, 3.8) is 0 Å². The maximum absolute atomic E-state index is 13.7. The molecule has 1 aliphatic heterocycles. The number of aromatic nitrogens is 2. The second-order valence-corrected chi connectivity index (χ2v) is 9.40. The van der Waals surface area contributed by atoms with Crippen LogP contribution in [0.2, 0.25) is 0 Å². The molecule has 184 valence electrons. The van der Waals surface area contributed by atoms with Crippen LogP contribution in [0.4, 0.5) is 10.5 Å². The SMILES string of the molecule is CCOC(=O)N1CCc2c(sc3c2c(=O)n(-c2ccccc2)c(=O)n3CC(=O)Nc2ccccc2)C1. The van der Waals surface area contributed by atoms with Gasteiger partial charge in [0.2, 0.25) is 5.91 Å². The molecule has 5 rings (SSSR count). The van der Waals surface area contributed by atoms with Gasteiger partial charge in [-0.2, -0.15) is 0 Å². The van der Waals surface area contributed by atoms with Crippen LogP contribution < -0.4 is 16.6 Å². The summed E-state index contributed by atoms with van der Waals surface area (Å²) >= 11 is 1.27. The van der Waals surface area contributed by atoms with Crippen molar-refractivity contribution in [1.82, 2.24) is 14.0 Å². The van der Waals surface area contributed by atoms with Gasteiger partial charge in [0.05, 0.1) is 24.2 Å². The fraction of sp³-hybridized carbons (Fsp3) is 0.231. The molecule has 0 saturated carbocycles. The third-order valence-electron chi connectivity index (χ3n) is 6.02. The normalized spacial score (nSPS) is 12.9. The predicted octanol–water partition coefficient (Wildman–Crippen LogP) is 3.37. The van der Waals surface area contributed by atoms with Crippen LogP contribution in [-0.4, -0.2) is 39.2 Å². The van der Waals surface area contributed by atoms with E-state index in [0.717, 1.165) is 15.0 Å². The number of carbonyl (C=O) groups excluding carboxylic acids is 2. The number of carbonyl (C=O) groups is 2. The van der Waals surface area contributed by atoms with Crippen molar-refractivity contribution >= 4 is 39.2 Å². The molecule has 36 heavy (non-hydrogen) atoms. The molecule has 10 heteroatoms. The lowest BCUT2D eigenvalue weighted by Gasteiger charge is -2.25. The molecule has 1 aliphatic rings. The van der Waals surface area contributed by atoms with Crippen molar-refractivity contribution in [2.24, 2.45) is 0 Å². The fourth-order valence-electron chi connectivity index (χ4n) is 4.39. The van der Waals surface area contributed by atoms with Crippen molar-refractivity contribution in [2.45, 2.75) is 26.4 Å². The van der Waals surface area contributed by atoms with Gasteiger partial charge in [-0.05, 0) is 43.2 Å². The topological polar surface area (TPSA) is 103 Å². The third-order valence-corrected chi connectivity index (χ3v) is 7.26. The lowest BCUT2D eigenvalue weighted by Crippen LogP contribution is -2.41. The molecule has 9 nitrogen and oxygen atoms in total. The number of para-hydroxylation sites is 2. The molecule has 0 bridgehead atoms. The molecule has 2 aromatic heterocycles. The zero-order valence-corrected chi connectivity index (χ0v) is 20.4. The first-order valence-corrected chi connectivity index (χ1v) is 12.4. The van der Waals surface area contributed by atoms with Gasteiger partial charge in [0, 0.05) is 17.1 Å². The van der Waals surface area contributed by atoms with E-state index in [4.69, 9.17) is 4.74 Å². The molecule has 0 radical (unpaired) electrons. The highest BCUT2D eigenvalue weighted by Crippen LogP contribution is 2.33. The van der Waals surface area contributed by atoms with Gasteiger partial charge in [-0.25, -0.2) is 14.2 Å². The van der Waals surface area contributed by atoms with Crippen LogP contribution in [0.25, 0.3) is 15.9 Å². The maximum atomic E-state index is 13.7. The largest absolute Gasteiger partial charge is 0.450 e. The predicted molar refractivity (Wildman–Crippen MR) is 138 cm³/mol. The summed E-state index contributed by atoms with van der Waals surface area (Å²) in [5.41, 5.74) is 0.822. The highest BCUT2D eigenvalue weighted by Gasteiger charge is 2.29. The molecule has 0 aliphatic carbocycles. The molecule has 0 unspecified atom stereocenters. The number of amides is 2. The van der Waals surface area contributed by atoms with Crippen molar-refractivity contribution in [3.05, 3.63) is 91.9 Å². The van der Waals surface area contributed by atoms with E-state index in [0.29, 0.717) is 34.6 Å². The minimum atomic E-state index is -0.595. The van der Waals surface area contributed by atoms with E-state index < -0.39 is 17.3 Å². The van der Waals surface area contributed by atoms with E-state index in [1.54, 1.807) is 66.4 Å². The Kier molecular flexibility index (Phi) is 6.43. The second kappa shape index (κ2) is 9.82. The molecule has 1 N–H and O–H groups in total. The first kappa shape index (κ1) is 23.6. The van der Waals surface area contributed by atoms with E-state index in [1.165, 1.54) is 15.9 Å². The van der Waals surface area contributed by atoms with E-state index >= 15 is 0 Å². The number of fused-ring (bicyclic) bond motifs is 3. The van der Waals surface area contributed by atoms with Gasteiger partial charge < -0.3 is 15.0 Å². The Bertz CT molecular complexity index is 1560. The van der Waals surface area contributed by atoms with Crippen LogP contribution >= 0.6 is 11.3 Å². The summed E-state index contributed by atoms with van der Waals surface area (Å²) < 4.78 is 7.60. The standard InChI is InChI=1S/C26H24N4O5S/c1-2-35-26(34)28-14-13-19-20(15-28)36-24-22(19)23(32)30(18-11-7-4-8-12-18)25(33)29(24)16-21(31)27-17-9-5-3-6-10-17/h3-12H,2,13-16H2,1H3,(H,27,31). The Morgan fingerprint density at radius 3 is 2.42 bits per heavy atom. The molecular formula is C26H24N4O5S. The van der Waals surface area contributed by atoms with Crippen LogP contribution in [0, 0.1) is 0 Å². The first-order chi connectivity index (χ1) is 17.5. The van der Waals surface area contributed by atoms with Crippen LogP contribution in [0.3, 0.4) is 0 Å². The number of ether oxygens (including phenoxy) is 1. The summed E-state index contributed by atoms with van der Waals surface area (Å²) in [6, 6.07) is 17.6. The maximum Gasteiger partial charge on any atom is 0.410 e. The van der Waals surface area contributed by atoms with E-state index in [2.05, 4.69) is 5.32 Å². The van der Waals surface area contributed by atoms with Gasteiger partial charge in [-0.15, -0.1) is 11.3 Å².